The van der Waals surface area contributed by atoms with Crippen LogP contribution in [0.15, 0.2) is 41.4 Å². The predicted molar refractivity (Wildman–Crippen MR) is 92.6 cm³/mol. The summed E-state index contributed by atoms with van der Waals surface area (Å²) in [5.74, 6) is 0.544. The zero-order chi connectivity index (χ0) is 17.3. The molecule has 1 aromatic heterocycles. The van der Waals surface area contributed by atoms with Gasteiger partial charge in [-0.05, 0) is 49.9 Å². The van der Waals surface area contributed by atoms with E-state index in [1.165, 1.54) is 0 Å². The van der Waals surface area contributed by atoms with E-state index in [-0.39, 0.29) is 6.04 Å². The van der Waals surface area contributed by atoms with Crippen LogP contribution < -0.4 is 4.74 Å². The number of ether oxygens (including phenoxy) is 1. The summed E-state index contributed by atoms with van der Waals surface area (Å²) in [4.78, 5) is 4.61. The van der Waals surface area contributed by atoms with E-state index in [1.807, 2.05) is 32.0 Å². The van der Waals surface area contributed by atoms with Gasteiger partial charge in [0.2, 0.25) is 15.9 Å². The maximum atomic E-state index is 13.0. The van der Waals surface area contributed by atoms with Crippen LogP contribution >= 0.6 is 0 Å². The van der Waals surface area contributed by atoms with Crippen molar-refractivity contribution < 1.29 is 13.2 Å². The molecule has 0 radical (unpaired) electrons. The third-order valence-electron chi connectivity index (χ3n) is 4.53. The molecule has 1 aliphatic rings. The lowest BCUT2D eigenvalue weighted by Crippen LogP contribution is -2.31. The Hall–Kier alpha value is -1.92. The normalized spacial score (nSPS) is 18.7. The molecular formula is C18H22N2O3S. The van der Waals surface area contributed by atoms with E-state index in [0.29, 0.717) is 17.3 Å². The summed E-state index contributed by atoms with van der Waals surface area (Å²) in [7, 11) is -1.94. The first-order valence-electron chi connectivity index (χ1n) is 8.02. The van der Waals surface area contributed by atoms with E-state index in [1.54, 1.807) is 29.7 Å². The fourth-order valence-corrected chi connectivity index (χ4v) is 4.86. The molecule has 2 heterocycles. The van der Waals surface area contributed by atoms with Crippen molar-refractivity contribution in [2.45, 2.75) is 37.6 Å². The number of hydrogen-bond acceptors (Lipinski definition) is 4. The minimum Gasteiger partial charge on any atom is -0.481 e. The van der Waals surface area contributed by atoms with Gasteiger partial charge in [-0.3, -0.25) is 0 Å². The quantitative estimate of drug-likeness (QED) is 0.853. The van der Waals surface area contributed by atoms with Crippen molar-refractivity contribution >= 4 is 10.0 Å². The highest BCUT2D eigenvalue weighted by atomic mass is 32.2. The van der Waals surface area contributed by atoms with Crippen LogP contribution in [-0.2, 0) is 10.0 Å². The highest BCUT2D eigenvalue weighted by Gasteiger charge is 2.37. The second-order valence-corrected chi connectivity index (χ2v) is 8.06. The van der Waals surface area contributed by atoms with E-state index in [2.05, 4.69) is 4.98 Å². The monoisotopic (exact) mass is 346 g/mol. The summed E-state index contributed by atoms with van der Waals surface area (Å²) in [5.41, 5.74) is 2.99. The van der Waals surface area contributed by atoms with Crippen LogP contribution in [0.1, 0.15) is 35.6 Å². The van der Waals surface area contributed by atoms with Crippen molar-refractivity contribution in [2.24, 2.45) is 0 Å². The number of hydrogen-bond donors (Lipinski definition) is 0. The lowest BCUT2D eigenvalue weighted by atomic mass is 10.0. The molecule has 2 aromatic rings. The Morgan fingerprint density at radius 2 is 1.92 bits per heavy atom. The minimum absolute atomic E-state index is 0.172. The molecule has 128 valence electrons. The number of rotatable bonds is 4. The van der Waals surface area contributed by atoms with Gasteiger partial charge in [0.25, 0.3) is 0 Å². The standard InChI is InChI=1S/C18H22N2O3S/c1-13-6-8-15(9-7-13)24(21,22)20-10-4-5-17(20)16-12-19-18(23-3)11-14(16)2/h6-9,11-12,17H,4-5,10H2,1-3H3. The van der Waals surface area contributed by atoms with Crippen molar-refractivity contribution in [1.29, 1.82) is 0 Å². The number of methoxy groups -OCH3 is 1. The summed E-state index contributed by atoms with van der Waals surface area (Å²) < 4.78 is 32.8. The van der Waals surface area contributed by atoms with Gasteiger partial charge in [-0.25, -0.2) is 13.4 Å². The van der Waals surface area contributed by atoms with E-state index in [4.69, 9.17) is 4.74 Å². The summed E-state index contributed by atoms with van der Waals surface area (Å²) in [6.07, 6.45) is 3.39. The Morgan fingerprint density at radius 1 is 1.21 bits per heavy atom. The number of benzene rings is 1. The van der Waals surface area contributed by atoms with Crippen molar-refractivity contribution in [3.8, 4) is 5.88 Å². The Morgan fingerprint density at radius 3 is 2.54 bits per heavy atom. The zero-order valence-electron chi connectivity index (χ0n) is 14.2. The Kier molecular flexibility index (Phi) is 4.60. The molecule has 1 atom stereocenters. The summed E-state index contributed by atoms with van der Waals surface area (Å²) >= 11 is 0. The van der Waals surface area contributed by atoms with Crippen molar-refractivity contribution in [3.05, 3.63) is 53.2 Å². The van der Waals surface area contributed by atoms with Crippen molar-refractivity contribution in [3.63, 3.8) is 0 Å². The number of sulfonamides is 1. The smallest absolute Gasteiger partial charge is 0.243 e. The van der Waals surface area contributed by atoms with E-state index >= 15 is 0 Å². The summed E-state index contributed by atoms with van der Waals surface area (Å²) in [6, 6.07) is 8.70. The second-order valence-electron chi connectivity index (χ2n) is 6.17. The Balaban J connectivity index is 1.97. The summed E-state index contributed by atoms with van der Waals surface area (Å²) in [5, 5.41) is 0. The van der Waals surface area contributed by atoms with Gasteiger partial charge in [0, 0.05) is 18.8 Å². The first kappa shape index (κ1) is 16.9. The van der Waals surface area contributed by atoms with Crippen LogP contribution in [0.25, 0.3) is 0 Å². The molecule has 1 aromatic carbocycles. The van der Waals surface area contributed by atoms with Gasteiger partial charge in [-0.2, -0.15) is 4.31 Å². The second kappa shape index (κ2) is 6.53. The van der Waals surface area contributed by atoms with Gasteiger partial charge in [0.05, 0.1) is 18.0 Å². The van der Waals surface area contributed by atoms with Crippen LogP contribution in [-0.4, -0.2) is 31.4 Å². The topological polar surface area (TPSA) is 59.5 Å². The minimum atomic E-state index is -3.51. The average Bonchev–Trinajstić information content (AvgIpc) is 3.05. The van der Waals surface area contributed by atoms with Gasteiger partial charge in [-0.1, -0.05) is 17.7 Å². The molecular weight excluding hydrogens is 324 g/mol. The maximum absolute atomic E-state index is 13.0. The molecule has 0 N–H and O–H groups in total. The zero-order valence-corrected chi connectivity index (χ0v) is 15.0. The van der Waals surface area contributed by atoms with Crippen molar-refractivity contribution in [1.82, 2.24) is 9.29 Å². The van der Waals surface area contributed by atoms with E-state index < -0.39 is 10.0 Å². The van der Waals surface area contributed by atoms with Gasteiger partial charge >= 0.3 is 0 Å². The highest BCUT2D eigenvalue weighted by molar-refractivity contribution is 7.89. The first-order chi connectivity index (χ1) is 11.4. The Bertz CT molecular complexity index is 832. The number of nitrogens with zero attached hydrogens (tertiary/aromatic N) is 2. The lowest BCUT2D eigenvalue weighted by Gasteiger charge is -2.25. The van der Waals surface area contributed by atoms with Crippen LogP contribution in [0.4, 0.5) is 0 Å². The van der Waals surface area contributed by atoms with Crippen molar-refractivity contribution in [2.75, 3.05) is 13.7 Å². The van der Waals surface area contributed by atoms with Gasteiger partial charge in [0.15, 0.2) is 0 Å². The molecule has 3 rings (SSSR count). The van der Waals surface area contributed by atoms with Crippen LogP contribution in [0.5, 0.6) is 5.88 Å². The molecule has 0 aliphatic carbocycles. The molecule has 0 saturated carbocycles. The number of aromatic nitrogens is 1. The molecule has 0 amide bonds. The molecule has 1 unspecified atom stereocenters. The third kappa shape index (κ3) is 3.03. The van der Waals surface area contributed by atoms with E-state index in [0.717, 1.165) is 29.5 Å². The van der Waals surface area contributed by atoms with Crippen LogP contribution in [0, 0.1) is 13.8 Å². The highest BCUT2D eigenvalue weighted by Crippen LogP contribution is 2.38. The van der Waals surface area contributed by atoms with Crippen LogP contribution in [0.2, 0.25) is 0 Å². The lowest BCUT2D eigenvalue weighted by molar-refractivity contribution is 0.386. The maximum Gasteiger partial charge on any atom is 0.243 e. The summed E-state index contributed by atoms with van der Waals surface area (Å²) in [6.45, 7) is 4.45. The molecule has 0 bridgehead atoms. The molecule has 1 saturated heterocycles. The molecule has 1 fully saturated rings. The molecule has 5 nitrogen and oxygen atoms in total. The molecule has 24 heavy (non-hydrogen) atoms. The average molecular weight is 346 g/mol. The molecule has 6 heteroatoms. The Labute approximate surface area is 143 Å². The fourth-order valence-electron chi connectivity index (χ4n) is 3.19. The fraction of sp³-hybridized carbons (Fsp3) is 0.389. The third-order valence-corrected chi connectivity index (χ3v) is 6.45. The molecule has 1 aliphatic heterocycles. The first-order valence-corrected chi connectivity index (χ1v) is 9.46. The van der Waals surface area contributed by atoms with Gasteiger partial charge in [-0.15, -0.1) is 0 Å². The predicted octanol–water partition coefficient (Wildman–Crippen LogP) is 3.23. The largest absolute Gasteiger partial charge is 0.481 e. The SMILES string of the molecule is COc1cc(C)c(C2CCCN2S(=O)(=O)c2ccc(C)cc2)cn1. The van der Waals surface area contributed by atoms with Gasteiger partial charge < -0.3 is 4.74 Å². The number of pyridine rings is 1. The van der Waals surface area contributed by atoms with Gasteiger partial charge in [0.1, 0.15) is 0 Å². The van der Waals surface area contributed by atoms with E-state index in [9.17, 15) is 8.42 Å². The van der Waals surface area contributed by atoms with Crippen LogP contribution in [0.3, 0.4) is 0 Å². The molecule has 0 spiro atoms. The number of aryl methyl sites for hydroxylation is 2.